The third kappa shape index (κ3) is 4.28. The van der Waals surface area contributed by atoms with Gasteiger partial charge in [-0.2, -0.15) is 0 Å². The molecule has 58 heavy (non-hydrogen) atoms. The molecule has 0 saturated carbocycles. The molecule has 0 aliphatic carbocycles. The Balaban J connectivity index is 1.40. The van der Waals surface area contributed by atoms with Gasteiger partial charge in [0.2, 0.25) is 0 Å². The molecule has 13 rings (SSSR count). The summed E-state index contributed by atoms with van der Waals surface area (Å²) in [4.78, 5) is 0. The summed E-state index contributed by atoms with van der Waals surface area (Å²) < 4.78 is 6.25. The van der Waals surface area contributed by atoms with Crippen molar-refractivity contribution in [3.8, 4) is 11.4 Å². The zero-order valence-corrected chi connectivity index (χ0v) is 32.9. The number of para-hydroxylation sites is 3. The quantitative estimate of drug-likeness (QED) is 0.135. The van der Waals surface area contributed by atoms with Crippen LogP contribution in [-0.2, 0) is 0 Å². The Morgan fingerprint density at radius 2 is 0.724 bits per heavy atom. The van der Waals surface area contributed by atoms with Crippen LogP contribution in [0.25, 0.3) is 98.1 Å². The monoisotopic (exact) mass is 798 g/mol. The van der Waals surface area contributed by atoms with E-state index in [1.165, 1.54) is 114 Å². The first-order valence-corrected chi connectivity index (χ1v) is 20.8. The fourth-order valence-corrected chi connectivity index (χ4v) is 10.9. The van der Waals surface area contributed by atoms with Gasteiger partial charge in [0.1, 0.15) is 0 Å². The highest BCUT2D eigenvalue weighted by molar-refractivity contribution is 9.10. The maximum Gasteiger partial charge on any atom is 0.252 e. The standard InChI is InChI=1S/C54H32BBrN2/c56-33-28-30-46-51(32-33)58-49-27-12-10-23-43(49)39-19-6-2-15-35(39)37-17-4-8-21-41(37)45-29-31-50-52(54(45)58)55(46)47-25-13-24-44-40-20-7-3-16-36(40)34-14-1-5-18-38(34)42-22-9-11-26-48(42)57(50)53(44)47/h1-32H. The van der Waals surface area contributed by atoms with Gasteiger partial charge in [0.05, 0.1) is 16.6 Å². The molecule has 0 bridgehead atoms. The fraction of sp³-hybridized carbons (Fsp3) is 0. The van der Waals surface area contributed by atoms with Gasteiger partial charge in [-0.3, -0.25) is 0 Å². The lowest BCUT2D eigenvalue weighted by molar-refractivity contribution is 1.15. The van der Waals surface area contributed by atoms with Gasteiger partial charge in [-0.05, 0) is 89.8 Å². The van der Waals surface area contributed by atoms with Crippen molar-refractivity contribution in [3.05, 3.63) is 199 Å². The molecule has 0 amide bonds. The van der Waals surface area contributed by atoms with Crippen LogP contribution in [-0.4, -0.2) is 15.8 Å². The zero-order valence-electron chi connectivity index (χ0n) is 31.3. The summed E-state index contributed by atoms with van der Waals surface area (Å²) in [5.74, 6) is 0. The molecule has 268 valence electrons. The lowest BCUT2D eigenvalue weighted by Crippen LogP contribution is -2.59. The number of nitrogens with zero attached hydrogens (tertiary/aromatic N) is 2. The van der Waals surface area contributed by atoms with Gasteiger partial charge in [0.25, 0.3) is 6.71 Å². The number of aromatic nitrogens is 2. The molecule has 0 radical (unpaired) electrons. The number of halogens is 1. The Hall–Kier alpha value is -6.88. The molecule has 0 spiro atoms. The Morgan fingerprint density at radius 3 is 1.26 bits per heavy atom. The van der Waals surface area contributed by atoms with Crippen LogP contribution in [0.3, 0.4) is 0 Å². The first-order chi connectivity index (χ1) is 28.7. The molecule has 2 aliphatic rings. The average molecular weight is 800 g/mol. The van der Waals surface area contributed by atoms with E-state index in [0.717, 1.165) is 4.47 Å². The van der Waals surface area contributed by atoms with Crippen molar-refractivity contribution >= 4 is 126 Å². The van der Waals surface area contributed by atoms with E-state index in [9.17, 15) is 0 Å². The lowest BCUT2D eigenvalue weighted by atomic mass is 9.34. The summed E-state index contributed by atoms with van der Waals surface area (Å²) >= 11 is 3.95. The van der Waals surface area contributed by atoms with E-state index in [2.05, 4.69) is 219 Å². The van der Waals surface area contributed by atoms with Gasteiger partial charge < -0.3 is 9.13 Å². The first-order valence-electron chi connectivity index (χ1n) is 20.0. The summed E-state index contributed by atoms with van der Waals surface area (Å²) in [5.41, 5.74) is 11.1. The van der Waals surface area contributed by atoms with Crippen molar-refractivity contribution < 1.29 is 0 Å². The predicted octanol–water partition coefficient (Wildman–Crippen LogP) is 12.6. The van der Waals surface area contributed by atoms with Crippen molar-refractivity contribution in [2.24, 2.45) is 0 Å². The molecule has 0 atom stereocenters. The second kappa shape index (κ2) is 12.1. The van der Waals surface area contributed by atoms with Crippen LogP contribution in [0.15, 0.2) is 199 Å². The Kier molecular flexibility index (Phi) is 6.71. The second-order valence-electron chi connectivity index (χ2n) is 15.7. The van der Waals surface area contributed by atoms with E-state index in [-0.39, 0.29) is 6.71 Å². The largest absolute Gasteiger partial charge is 0.310 e. The molecular formula is C54H32BBrN2. The van der Waals surface area contributed by atoms with E-state index in [4.69, 9.17) is 0 Å². The highest BCUT2D eigenvalue weighted by Crippen LogP contribution is 2.40. The molecule has 2 nitrogen and oxygen atoms in total. The van der Waals surface area contributed by atoms with E-state index in [1.807, 2.05) is 0 Å². The number of benzene rings is 9. The second-order valence-corrected chi connectivity index (χ2v) is 16.6. The molecule has 11 aromatic rings. The highest BCUT2D eigenvalue weighted by atomic mass is 79.9. The Morgan fingerprint density at radius 1 is 0.310 bits per heavy atom. The van der Waals surface area contributed by atoms with E-state index >= 15 is 0 Å². The molecule has 0 N–H and O–H groups in total. The van der Waals surface area contributed by atoms with Crippen molar-refractivity contribution in [2.45, 2.75) is 0 Å². The van der Waals surface area contributed by atoms with Gasteiger partial charge in [0, 0.05) is 42.9 Å². The summed E-state index contributed by atoms with van der Waals surface area (Å²) in [6.45, 7) is -0.0274. The third-order valence-electron chi connectivity index (χ3n) is 12.8. The van der Waals surface area contributed by atoms with Crippen LogP contribution in [0, 0.1) is 0 Å². The van der Waals surface area contributed by atoms with Gasteiger partial charge >= 0.3 is 0 Å². The van der Waals surface area contributed by atoms with Crippen LogP contribution in [0.4, 0.5) is 0 Å². The van der Waals surface area contributed by atoms with Crippen LogP contribution < -0.4 is 16.4 Å². The predicted molar refractivity (Wildman–Crippen MR) is 253 cm³/mol. The molecule has 0 saturated heterocycles. The van der Waals surface area contributed by atoms with Crippen LogP contribution in [0.5, 0.6) is 0 Å². The zero-order chi connectivity index (χ0) is 38.1. The first kappa shape index (κ1) is 32.2. The van der Waals surface area contributed by atoms with E-state index < -0.39 is 0 Å². The van der Waals surface area contributed by atoms with Crippen molar-refractivity contribution in [3.63, 3.8) is 0 Å². The Labute approximate surface area is 343 Å². The van der Waals surface area contributed by atoms with Crippen molar-refractivity contribution in [1.82, 2.24) is 9.13 Å². The average Bonchev–Trinajstić information content (AvgIpc) is 3.35. The van der Waals surface area contributed by atoms with E-state index in [0.29, 0.717) is 0 Å². The summed E-state index contributed by atoms with van der Waals surface area (Å²) in [5, 5.41) is 14.8. The van der Waals surface area contributed by atoms with Crippen LogP contribution in [0.2, 0.25) is 0 Å². The molecule has 2 aliphatic heterocycles. The molecule has 0 unspecified atom stereocenters. The highest BCUT2D eigenvalue weighted by Gasteiger charge is 2.39. The molecule has 0 fully saturated rings. The molecular weight excluding hydrogens is 767 g/mol. The minimum atomic E-state index is -0.0274. The maximum atomic E-state index is 3.95. The normalized spacial score (nSPS) is 12.5. The van der Waals surface area contributed by atoms with Gasteiger partial charge in [-0.25, -0.2) is 0 Å². The summed E-state index contributed by atoms with van der Waals surface area (Å²) in [6, 6.07) is 72.6. The van der Waals surface area contributed by atoms with Crippen LogP contribution >= 0.6 is 15.9 Å². The number of fused-ring (bicyclic) bond motifs is 19. The van der Waals surface area contributed by atoms with Gasteiger partial charge in [-0.1, -0.05) is 180 Å². The molecule has 9 aromatic carbocycles. The third-order valence-corrected chi connectivity index (χ3v) is 13.3. The molecule has 4 heteroatoms. The minimum Gasteiger partial charge on any atom is -0.310 e. The smallest absolute Gasteiger partial charge is 0.252 e. The molecule has 4 heterocycles. The Bertz CT molecular complexity index is 3780. The number of hydrogen-bond donors (Lipinski definition) is 0. The fourth-order valence-electron chi connectivity index (χ4n) is 10.6. The SMILES string of the molecule is Brc1ccc2c(c1)-n1c3ccccc3c3ccccc3c3ccccc3c3ccc4c(c31)B2c1cccc2c3ccccc3c3ccccc3c3ccccc3n-4c12. The van der Waals surface area contributed by atoms with Crippen LogP contribution in [0.1, 0.15) is 0 Å². The van der Waals surface area contributed by atoms with Crippen molar-refractivity contribution in [1.29, 1.82) is 0 Å². The summed E-state index contributed by atoms with van der Waals surface area (Å²) in [7, 11) is 0. The number of hydrogen-bond acceptors (Lipinski definition) is 0. The minimum absolute atomic E-state index is 0.0274. The van der Waals surface area contributed by atoms with Crippen molar-refractivity contribution in [2.75, 3.05) is 0 Å². The number of rotatable bonds is 0. The van der Waals surface area contributed by atoms with Gasteiger partial charge in [0.15, 0.2) is 0 Å². The topological polar surface area (TPSA) is 9.86 Å². The maximum absolute atomic E-state index is 3.95. The van der Waals surface area contributed by atoms with E-state index in [1.54, 1.807) is 0 Å². The van der Waals surface area contributed by atoms with Gasteiger partial charge in [-0.15, -0.1) is 0 Å². The summed E-state index contributed by atoms with van der Waals surface area (Å²) in [6.07, 6.45) is 0. The molecule has 2 aromatic heterocycles. The lowest BCUT2D eigenvalue weighted by Gasteiger charge is -2.35.